The summed E-state index contributed by atoms with van der Waals surface area (Å²) < 4.78 is 43.7. The van der Waals surface area contributed by atoms with Gasteiger partial charge in [0, 0.05) is 37.9 Å². The zero-order valence-electron chi connectivity index (χ0n) is 17.3. The molecule has 2 aliphatic heterocycles. The molecule has 1 atom stereocenters. The Kier molecular flexibility index (Phi) is 6.73. The molecule has 8 heteroatoms. The van der Waals surface area contributed by atoms with Crippen molar-refractivity contribution in [3.05, 3.63) is 23.8 Å². The van der Waals surface area contributed by atoms with Gasteiger partial charge in [0.05, 0.1) is 20.2 Å². The van der Waals surface area contributed by atoms with Crippen molar-refractivity contribution in [1.29, 1.82) is 0 Å². The molecule has 29 heavy (non-hydrogen) atoms. The number of ether oxygens (including phenoxy) is 1. The van der Waals surface area contributed by atoms with E-state index in [0.717, 1.165) is 29.8 Å². The average Bonchev–Trinajstić information content (AvgIpc) is 2.66. The van der Waals surface area contributed by atoms with Gasteiger partial charge in [-0.15, -0.1) is 0 Å². The number of amides is 1. The quantitative estimate of drug-likeness (QED) is 0.743. The molecule has 0 saturated carbocycles. The summed E-state index contributed by atoms with van der Waals surface area (Å²) in [7, 11) is 1.62. The van der Waals surface area contributed by atoms with Crippen molar-refractivity contribution in [2.75, 3.05) is 51.3 Å². The van der Waals surface area contributed by atoms with Gasteiger partial charge in [-0.3, -0.25) is 14.6 Å². The second kappa shape index (κ2) is 8.92. The molecule has 0 spiro atoms. The van der Waals surface area contributed by atoms with E-state index < -0.39 is 12.7 Å². The van der Waals surface area contributed by atoms with Crippen molar-refractivity contribution < 1.29 is 22.7 Å². The maximum atomic E-state index is 13.1. The van der Waals surface area contributed by atoms with Gasteiger partial charge in [-0.25, -0.2) is 0 Å². The van der Waals surface area contributed by atoms with Crippen molar-refractivity contribution in [2.24, 2.45) is 5.92 Å². The number of fused-ring (bicyclic) bond motifs is 1. The van der Waals surface area contributed by atoms with Crippen LogP contribution in [-0.4, -0.2) is 74.3 Å². The van der Waals surface area contributed by atoms with E-state index in [1.165, 1.54) is 4.90 Å². The predicted molar refractivity (Wildman–Crippen MR) is 106 cm³/mol. The van der Waals surface area contributed by atoms with Gasteiger partial charge in [-0.1, -0.05) is 13.8 Å². The average molecular weight is 413 g/mol. The second-order valence-electron chi connectivity index (χ2n) is 8.28. The lowest BCUT2D eigenvalue weighted by molar-refractivity contribution is -0.153. The van der Waals surface area contributed by atoms with E-state index in [1.54, 1.807) is 7.11 Å². The number of alkyl halides is 3. The number of carbonyl (C=O) groups excluding carboxylic acids is 1. The molecule has 1 fully saturated rings. The van der Waals surface area contributed by atoms with Crippen LogP contribution in [0.5, 0.6) is 5.75 Å². The van der Waals surface area contributed by atoms with Crippen LogP contribution in [0.2, 0.25) is 0 Å². The minimum atomic E-state index is -4.20. The summed E-state index contributed by atoms with van der Waals surface area (Å²) in [4.78, 5) is 18.4. The highest BCUT2D eigenvalue weighted by Crippen LogP contribution is 2.31. The largest absolute Gasteiger partial charge is 0.497 e. The van der Waals surface area contributed by atoms with Crippen LogP contribution in [0.25, 0.3) is 0 Å². The first-order valence-electron chi connectivity index (χ1n) is 10.2. The molecular weight excluding hydrogens is 383 g/mol. The maximum Gasteiger partial charge on any atom is 0.401 e. The van der Waals surface area contributed by atoms with Gasteiger partial charge in [0.25, 0.3) is 0 Å². The number of carbonyl (C=O) groups is 1. The molecule has 0 bridgehead atoms. The molecule has 1 saturated heterocycles. The topological polar surface area (TPSA) is 36.0 Å². The van der Waals surface area contributed by atoms with Crippen LogP contribution in [-0.2, 0) is 11.2 Å². The Bertz CT molecular complexity index is 724. The Hall–Kier alpha value is -1.80. The van der Waals surface area contributed by atoms with Crippen molar-refractivity contribution in [3.8, 4) is 5.75 Å². The highest BCUT2D eigenvalue weighted by atomic mass is 19.4. The molecule has 5 nitrogen and oxygen atoms in total. The number of halogens is 3. The van der Waals surface area contributed by atoms with Gasteiger partial charge in [-0.05, 0) is 42.5 Å². The fraction of sp³-hybridized carbons (Fsp3) is 0.667. The van der Waals surface area contributed by atoms with Crippen molar-refractivity contribution in [3.63, 3.8) is 0 Å². The van der Waals surface area contributed by atoms with E-state index in [1.807, 2.05) is 36.9 Å². The number of anilines is 1. The number of methoxy groups -OCH3 is 1. The van der Waals surface area contributed by atoms with Crippen LogP contribution in [0.3, 0.4) is 0 Å². The molecule has 162 valence electrons. The molecule has 1 aromatic carbocycles. The fourth-order valence-electron chi connectivity index (χ4n) is 4.35. The first-order valence-corrected chi connectivity index (χ1v) is 10.2. The predicted octanol–water partition coefficient (Wildman–Crippen LogP) is 3.18. The SMILES string of the molecule is COc1ccc2c(c1)CCCN2C(=O)CN1CCN(CC(F)(F)F)CC1C(C)C. The zero-order chi connectivity index (χ0) is 21.2. The summed E-state index contributed by atoms with van der Waals surface area (Å²) in [6.45, 7) is 5.13. The van der Waals surface area contributed by atoms with Gasteiger partial charge in [0.15, 0.2) is 0 Å². The van der Waals surface area contributed by atoms with Gasteiger partial charge in [-0.2, -0.15) is 13.2 Å². The first-order chi connectivity index (χ1) is 13.7. The molecule has 1 unspecified atom stereocenters. The summed E-state index contributed by atoms with van der Waals surface area (Å²) in [6.07, 6.45) is -2.40. The Morgan fingerprint density at radius 2 is 2.00 bits per heavy atom. The Morgan fingerprint density at radius 1 is 1.24 bits per heavy atom. The number of hydrogen-bond acceptors (Lipinski definition) is 4. The van der Waals surface area contributed by atoms with Crippen LogP contribution in [0.1, 0.15) is 25.8 Å². The minimum Gasteiger partial charge on any atom is -0.497 e. The summed E-state index contributed by atoms with van der Waals surface area (Å²) in [5.41, 5.74) is 2.01. The van der Waals surface area contributed by atoms with Crippen molar-refractivity contribution in [2.45, 2.75) is 38.9 Å². The second-order valence-corrected chi connectivity index (χ2v) is 8.28. The standard InChI is InChI=1S/C21H30F3N3O2/c1-15(2)19-12-25(14-21(22,23)24)9-10-26(19)13-20(28)27-8-4-5-16-11-17(29-3)6-7-18(16)27/h6-7,11,15,19H,4-5,8-10,12-14H2,1-3H3. The van der Waals surface area contributed by atoms with Crippen LogP contribution < -0.4 is 9.64 Å². The molecule has 2 heterocycles. The Morgan fingerprint density at radius 3 is 2.66 bits per heavy atom. The van der Waals surface area contributed by atoms with Gasteiger partial charge in [0.2, 0.25) is 5.91 Å². The highest BCUT2D eigenvalue weighted by molar-refractivity contribution is 5.96. The molecule has 0 aliphatic carbocycles. The monoisotopic (exact) mass is 413 g/mol. The van der Waals surface area contributed by atoms with Gasteiger partial charge in [0.1, 0.15) is 5.75 Å². The lowest BCUT2D eigenvalue weighted by Crippen LogP contribution is -2.58. The molecule has 2 aliphatic rings. The summed E-state index contributed by atoms with van der Waals surface area (Å²) in [5, 5.41) is 0. The van der Waals surface area contributed by atoms with Crippen LogP contribution in [0, 0.1) is 5.92 Å². The van der Waals surface area contributed by atoms with Crippen molar-refractivity contribution in [1.82, 2.24) is 9.80 Å². The van der Waals surface area contributed by atoms with E-state index in [0.29, 0.717) is 26.2 Å². The molecule has 1 amide bonds. The molecule has 0 N–H and O–H groups in total. The van der Waals surface area contributed by atoms with E-state index in [2.05, 4.69) is 4.90 Å². The number of hydrogen-bond donors (Lipinski definition) is 0. The smallest absolute Gasteiger partial charge is 0.401 e. The summed E-state index contributed by atoms with van der Waals surface area (Å²) in [5.74, 6) is 0.946. The van der Waals surface area contributed by atoms with E-state index >= 15 is 0 Å². The first kappa shape index (κ1) is 21.9. The third-order valence-corrected chi connectivity index (χ3v) is 5.83. The lowest BCUT2D eigenvalue weighted by atomic mass is 9.98. The Balaban J connectivity index is 1.69. The third kappa shape index (κ3) is 5.42. The molecular formula is C21H30F3N3O2. The van der Waals surface area contributed by atoms with Gasteiger partial charge < -0.3 is 9.64 Å². The van der Waals surface area contributed by atoms with E-state index in [-0.39, 0.29) is 24.4 Å². The lowest BCUT2D eigenvalue weighted by Gasteiger charge is -2.44. The molecule has 3 rings (SSSR count). The van der Waals surface area contributed by atoms with Crippen LogP contribution in [0.4, 0.5) is 18.9 Å². The number of nitrogens with zero attached hydrogens (tertiary/aromatic N) is 3. The van der Waals surface area contributed by atoms with Crippen molar-refractivity contribution >= 4 is 11.6 Å². The molecule has 0 aromatic heterocycles. The molecule has 1 aromatic rings. The Labute approximate surface area is 170 Å². The summed E-state index contributed by atoms with van der Waals surface area (Å²) in [6, 6.07) is 5.68. The number of aryl methyl sites for hydroxylation is 1. The van der Waals surface area contributed by atoms with E-state index in [4.69, 9.17) is 4.74 Å². The summed E-state index contributed by atoms with van der Waals surface area (Å²) >= 11 is 0. The van der Waals surface area contributed by atoms with Gasteiger partial charge >= 0.3 is 6.18 Å². The highest BCUT2D eigenvalue weighted by Gasteiger charge is 2.37. The van der Waals surface area contributed by atoms with Crippen LogP contribution >= 0.6 is 0 Å². The number of piperazine rings is 1. The van der Waals surface area contributed by atoms with Crippen LogP contribution in [0.15, 0.2) is 18.2 Å². The third-order valence-electron chi connectivity index (χ3n) is 5.83. The normalized spacial score (nSPS) is 21.3. The minimum absolute atomic E-state index is 0.00559. The number of benzene rings is 1. The van der Waals surface area contributed by atoms with E-state index in [9.17, 15) is 18.0 Å². The fourth-order valence-corrected chi connectivity index (χ4v) is 4.35. The number of rotatable bonds is 5. The molecule has 0 radical (unpaired) electrons. The maximum absolute atomic E-state index is 13.1. The zero-order valence-corrected chi connectivity index (χ0v) is 17.3.